The second-order valence-electron chi connectivity index (χ2n) is 6.63. The van der Waals surface area contributed by atoms with Gasteiger partial charge in [-0.05, 0) is 6.42 Å². The zero-order valence-corrected chi connectivity index (χ0v) is 15.9. The van der Waals surface area contributed by atoms with Gasteiger partial charge >= 0.3 is 11.9 Å². The van der Waals surface area contributed by atoms with E-state index in [1.807, 2.05) is 0 Å². The van der Waals surface area contributed by atoms with E-state index in [9.17, 15) is 22.6 Å². The lowest BCUT2D eigenvalue weighted by atomic mass is 9.96. The van der Waals surface area contributed by atoms with Crippen molar-refractivity contribution >= 4 is 22.1 Å². The molecule has 0 spiro atoms. The Kier molecular flexibility index (Phi) is 11.7. The van der Waals surface area contributed by atoms with Gasteiger partial charge in [0.1, 0.15) is 0 Å². The molecule has 8 heteroatoms. The molecular weight excluding hydrogens is 348 g/mol. The first kappa shape index (κ1) is 23.9. The van der Waals surface area contributed by atoms with Gasteiger partial charge in [0.05, 0.1) is 6.42 Å². The first-order chi connectivity index (χ1) is 11.7. The molecule has 0 aromatic heterocycles. The molecule has 0 saturated carbocycles. The lowest BCUT2D eigenvalue weighted by Crippen LogP contribution is -2.48. The molecule has 0 rings (SSSR count). The number of carboxylic acid groups (broad SMARTS) is 2. The summed E-state index contributed by atoms with van der Waals surface area (Å²) in [7, 11) is -5.01. The van der Waals surface area contributed by atoms with Crippen LogP contribution in [0.3, 0.4) is 0 Å². The maximum absolute atomic E-state index is 11.5. The highest BCUT2D eigenvalue weighted by Gasteiger charge is 2.51. The molecule has 0 aromatic rings. The highest BCUT2D eigenvalue weighted by Crippen LogP contribution is 2.29. The summed E-state index contributed by atoms with van der Waals surface area (Å²) in [5, 5.41) is 18.0. The highest BCUT2D eigenvalue weighted by molar-refractivity contribution is 7.88. The molecule has 148 valence electrons. The predicted molar refractivity (Wildman–Crippen MR) is 95.2 cm³/mol. The minimum Gasteiger partial charge on any atom is -0.481 e. The summed E-state index contributed by atoms with van der Waals surface area (Å²) < 4.78 is 29.5. The van der Waals surface area contributed by atoms with Crippen LogP contribution in [0.15, 0.2) is 0 Å². The van der Waals surface area contributed by atoms with Crippen molar-refractivity contribution < 1.29 is 32.8 Å². The Labute approximate surface area is 150 Å². The third-order valence-electron chi connectivity index (χ3n) is 4.50. The molecule has 3 N–H and O–H groups in total. The molecular formula is C17H32O7S. The minimum absolute atomic E-state index is 0.246. The van der Waals surface area contributed by atoms with E-state index in [0.717, 1.165) is 25.7 Å². The summed E-state index contributed by atoms with van der Waals surface area (Å²) in [5.41, 5.74) is 0. The molecule has 0 aliphatic carbocycles. The maximum Gasteiger partial charge on any atom is 0.328 e. The molecule has 0 aliphatic rings. The van der Waals surface area contributed by atoms with Gasteiger partial charge in [0, 0.05) is 0 Å². The van der Waals surface area contributed by atoms with Gasteiger partial charge in [-0.15, -0.1) is 0 Å². The van der Waals surface area contributed by atoms with Crippen molar-refractivity contribution in [2.75, 3.05) is 0 Å². The van der Waals surface area contributed by atoms with Gasteiger partial charge in [-0.1, -0.05) is 77.6 Å². The van der Waals surface area contributed by atoms with Crippen LogP contribution in [0.1, 0.15) is 90.4 Å². The van der Waals surface area contributed by atoms with E-state index in [1.165, 1.54) is 32.1 Å². The number of unbranched alkanes of at least 4 members (excludes halogenated alkanes) is 10. The van der Waals surface area contributed by atoms with E-state index < -0.39 is 39.6 Å². The Bertz CT molecular complexity index is 501. The molecule has 25 heavy (non-hydrogen) atoms. The van der Waals surface area contributed by atoms with Gasteiger partial charge in [0.2, 0.25) is 4.75 Å². The third kappa shape index (κ3) is 9.21. The number of aliphatic carboxylic acids is 2. The van der Waals surface area contributed by atoms with Crippen LogP contribution < -0.4 is 0 Å². The SMILES string of the molecule is CCCCCCCCCCCCCC(CC(=O)O)(C(=O)O)S(=O)(=O)O. The molecule has 0 heterocycles. The van der Waals surface area contributed by atoms with Gasteiger partial charge in [0.25, 0.3) is 10.1 Å². The average Bonchev–Trinajstić information content (AvgIpc) is 2.49. The summed E-state index contributed by atoms with van der Waals surface area (Å²) >= 11 is 0. The fourth-order valence-corrected chi connectivity index (χ4v) is 3.85. The summed E-state index contributed by atoms with van der Waals surface area (Å²) in [4.78, 5) is 22.1. The summed E-state index contributed by atoms with van der Waals surface area (Å²) in [6.07, 6.45) is 9.62. The Balaban J connectivity index is 4.16. The van der Waals surface area contributed by atoms with E-state index in [4.69, 9.17) is 10.2 Å². The van der Waals surface area contributed by atoms with Crippen LogP contribution in [-0.2, 0) is 19.7 Å². The molecule has 0 bridgehead atoms. The highest BCUT2D eigenvalue weighted by atomic mass is 32.2. The molecule has 0 amide bonds. The number of hydrogen-bond donors (Lipinski definition) is 3. The van der Waals surface area contributed by atoms with E-state index in [-0.39, 0.29) is 6.42 Å². The lowest BCUT2D eigenvalue weighted by Gasteiger charge is -2.24. The first-order valence-corrected chi connectivity index (χ1v) is 10.5. The van der Waals surface area contributed by atoms with E-state index in [1.54, 1.807) is 0 Å². The van der Waals surface area contributed by atoms with Crippen LogP contribution in [0.2, 0.25) is 0 Å². The monoisotopic (exact) mass is 380 g/mol. The molecule has 0 radical (unpaired) electrons. The zero-order chi connectivity index (χ0) is 19.3. The molecule has 0 fully saturated rings. The topological polar surface area (TPSA) is 129 Å². The second kappa shape index (κ2) is 12.2. The second-order valence-corrected chi connectivity index (χ2v) is 8.36. The first-order valence-electron chi connectivity index (χ1n) is 9.09. The average molecular weight is 381 g/mol. The van der Waals surface area contributed by atoms with Gasteiger partial charge < -0.3 is 10.2 Å². The molecule has 1 atom stereocenters. The fourth-order valence-electron chi connectivity index (χ4n) is 2.92. The van der Waals surface area contributed by atoms with Crippen LogP contribution in [-0.4, -0.2) is 39.9 Å². The van der Waals surface area contributed by atoms with E-state index in [0.29, 0.717) is 6.42 Å². The van der Waals surface area contributed by atoms with Gasteiger partial charge in [0.15, 0.2) is 0 Å². The van der Waals surface area contributed by atoms with Crippen LogP contribution in [0.4, 0.5) is 0 Å². The zero-order valence-electron chi connectivity index (χ0n) is 15.1. The van der Waals surface area contributed by atoms with Crippen molar-refractivity contribution in [3.63, 3.8) is 0 Å². The van der Waals surface area contributed by atoms with Crippen LogP contribution in [0.25, 0.3) is 0 Å². The summed E-state index contributed by atoms with van der Waals surface area (Å²) in [5.74, 6) is -3.38. The quantitative estimate of drug-likeness (QED) is 0.274. The Hall–Kier alpha value is -1.15. The molecule has 1 unspecified atom stereocenters. The molecule has 7 nitrogen and oxygen atoms in total. The van der Waals surface area contributed by atoms with Crippen molar-refractivity contribution in [2.45, 2.75) is 95.1 Å². The minimum atomic E-state index is -5.01. The number of rotatable bonds is 16. The van der Waals surface area contributed by atoms with E-state index in [2.05, 4.69) is 6.92 Å². The number of carbonyl (C=O) groups is 2. The summed E-state index contributed by atoms with van der Waals surface area (Å²) in [6.45, 7) is 2.18. The normalized spacial score (nSPS) is 14.2. The summed E-state index contributed by atoms with van der Waals surface area (Å²) in [6, 6.07) is 0. The van der Waals surface area contributed by atoms with Gasteiger partial charge in [-0.25, -0.2) is 0 Å². The molecule has 0 aliphatic heterocycles. The predicted octanol–water partition coefficient (Wildman–Crippen LogP) is 3.87. The lowest BCUT2D eigenvalue weighted by molar-refractivity contribution is -0.147. The largest absolute Gasteiger partial charge is 0.481 e. The van der Waals surface area contributed by atoms with Crippen molar-refractivity contribution in [3.05, 3.63) is 0 Å². The molecule has 0 saturated heterocycles. The Morgan fingerprint density at radius 2 is 1.20 bits per heavy atom. The number of carboxylic acids is 2. The van der Waals surface area contributed by atoms with Crippen molar-refractivity contribution in [1.29, 1.82) is 0 Å². The smallest absolute Gasteiger partial charge is 0.328 e. The van der Waals surface area contributed by atoms with Crippen molar-refractivity contribution in [1.82, 2.24) is 0 Å². The Morgan fingerprint density at radius 3 is 1.52 bits per heavy atom. The molecule has 0 aromatic carbocycles. The van der Waals surface area contributed by atoms with Crippen LogP contribution in [0, 0.1) is 0 Å². The van der Waals surface area contributed by atoms with Crippen molar-refractivity contribution in [3.8, 4) is 0 Å². The fraction of sp³-hybridized carbons (Fsp3) is 0.882. The van der Waals surface area contributed by atoms with Crippen molar-refractivity contribution in [2.24, 2.45) is 0 Å². The van der Waals surface area contributed by atoms with Gasteiger partial charge in [-0.2, -0.15) is 8.42 Å². The van der Waals surface area contributed by atoms with Gasteiger partial charge in [-0.3, -0.25) is 14.1 Å². The van der Waals surface area contributed by atoms with Crippen LogP contribution in [0.5, 0.6) is 0 Å². The van der Waals surface area contributed by atoms with E-state index >= 15 is 0 Å². The number of hydrogen-bond acceptors (Lipinski definition) is 4. The maximum atomic E-state index is 11.5. The Morgan fingerprint density at radius 1 is 0.800 bits per heavy atom. The standard InChI is InChI=1S/C17H32O7S/c1-2-3-4-5-6-7-8-9-10-11-12-13-17(16(20)21,14-15(18)19)25(22,23)24/h2-14H2,1H3,(H,18,19)(H,20,21)(H,22,23,24). The van der Waals surface area contributed by atoms with Crippen LogP contribution >= 0.6 is 0 Å². The third-order valence-corrected chi connectivity index (χ3v) is 6.02.